The molecule has 6 unspecified atom stereocenters. The van der Waals surface area contributed by atoms with Crippen molar-refractivity contribution >= 4 is 34.2 Å². The fraction of sp³-hybridized carbons (Fsp3) is 0.424. The van der Waals surface area contributed by atoms with E-state index in [2.05, 4.69) is 27.5 Å². The summed E-state index contributed by atoms with van der Waals surface area (Å²) in [6.07, 6.45) is 6.05. The zero-order chi connectivity index (χ0) is 30.5. The van der Waals surface area contributed by atoms with Crippen LogP contribution in [0.25, 0.3) is 16.5 Å². The van der Waals surface area contributed by atoms with Gasteiger partial charge in [-0.3, -0.25) is 28.9 Å². The molecule has 3 fully saturated rings. The van der Waals surface area contributed by atoms with E-state index in [-0.39, 0.29) is 18.4 Å². The summed E-state index contributed by atoms with van der Waals surface area (Å²) < 4.78 is 19.8. The van der Waals surface area contributed by atoms with Gasteiger partial charge in [-0.15, -0.1) is 0 Å². The molecular weight excluding hydrogens is 565 g/mol. The van der Waals surface area contributed by atoms with Crippen LogP contribution in [0.2, 0.25) is 0 Å². The first-order valence-electron chi connectivity index (χ1n) is 15.2. The van der Waals surface area contributed by atoms with Crippen molar-refractivity contribution in [2.75, 3.05) is 20.1 Å². The van der Waals surface area contributed by atoms with Gasteiger partial charge in [0, 0.05) is 42.7 Å². The molecule has 11 heteroatoms. The van der Waals surface area contributed by atoms with E-state index in [9.17, 15) is 23.9 Å². The molecule has 228 valence electrons. The summed E-state index contributed by atoms with van der Waals surface area (Å²) in [6, 6.07) is 10.1. The van der Waals surface area contributed by atoms with Crippen LogP contribution >= 0.6 is 0 Å². The Labute approximate surface area is 253 Å². The van der Waals surface area contributed by atoms with E-state index in [1.165, 1.54) is 30.0 Å². The van der Waals surface area contributed by atoms with Gasteiger partial charge in [-0.05, 0) is 73.7 Å². The predicted molar refractivity (Wildman–Crippen MR) is 158 cm³/mol. The number of carbonyl (C=O) groups excluding carboxylic acids is 3. The van der Waals surface area contributed by atoms with Crippen LogP contribution in [-0.4, -0.2) is 92.4 Å². The molecular formula is C33H34FN5O5. The van der Waals surface area contributed by atoms with Crippen molar-refractivity contribution in [2.45, 2.75) is 62.4 Å². The maximum atomic E-state index is 14.2. The molecule has 8 rings (SSSR count). The molecule has 5 heterocycles. The highest BCUT2D eigenvalue weighted by atomic mass is 19.1. The van der Waals surface area contributed by atoms with Crippen LogP contribution < -0.4 is 5.32 Å². The van der Waals surface area contributed by atoms with Crippen molar-refractivity contribution in [1.82, 2.24) is 25.0 Å². The lowest BCUT2D eigenvalue weighted by molar-refractivity contribution is -0.315. The molecule has 1 aliphatic carbocycles. The number of hydrogen-bond donors (Lipinski definition) is 3. The van der Waals surface area contributed by atoms with Crippen molar-refractivity contribution in [3.63, 3.8) is 0 Å². The first-order chi connectivity index (χ1) is 21.1. The first-order valence-corrected chi connectivity index (χ1v) is 15.2. The molecule has 44 heavy (non-hydrogen) atoms. The summed E-state index contributed by atoms with van der Waals surface area (Å²) in [5.74, 6) is -4.50. The number of ether oxygens (including phenoxy) is 1. The summed E-state index contributed by atoms with van der Waals surface area (Å²) in [6.45, 7) is 2.31. The Morgan fingerprint density at radius 1 is 1.20 bits per heavy atom. The number of amides is 3. The molecule has 0 spiro atoms. The molecule has 3 saturated heterocycles. The fourth-order valence-corrected chi connectivity index (χ4v) is 8.13. The molecule has 6 atom stereocenters. The van der Waals surface area contributed by atoms with E-state index in [0.29, 0.717) is 31.5 Å². The van der Waals surface area contributed by atoms with E-state index in [1.807, 2.05) is 25.3 Å². The standard InChI is InChI=1S/C33H34FN5O5/c1-32(36-29(40)20-14-23-22-5-3-6-24-28(22)19(16-35-24)15-25(23)37(2)17-20)31(42)39-26(13-18-8-10-21(34)11-9-18)30(41)38-12-4-7-27(38)33(39,43)44-32/h3,5-6,8-11,14,16,20,25-27,35,43H,4,7,12-13,15,17H2,1-2H3,(H,36,40). The van der Waals surface area contributed by atoms with Crippen LogP contribution in [0.1, 0.15) is 36.5 Å². The zero-order valence-corrected chi connectivity index (χ0v) is 24.5. The Kier molecular flexibility index (Phi) is 5.91. The third kappa shape index (κ3) is 3.85. The second-order valence-corrected chi connectivity index (χ2v) is 12.9. The normalized spacial score (nSPS) is 32.9. The quantitative estimate of drug-likeness (QED) is 0.423. The lowest BCUT2D eigenvalue weighted by atomic mass is 9.79. The number of halogens is 1. The lowest BCUT2D eigenvalue weighted by Crippen LogP contribution is -2.71. The minimum atomic E-state index is -2.12. The number of aliphatic hydroxyl groups is 1. The van der Waals surface area contributed by atoms with Gasteiger partial charge in [0.05, 0.1) is 5.92 Å². The van der Waals surface area contributed by atoms with E-state index < -0.39 is 47.3 Å². The Morgan fingerprint density at radius 2 is 2.00 bits per heavy atom. The van der Waals surface area contributed by atoms with E-state index in [0.717, 1.165) is 28.0 Å². The Hall–Kier alpha value is -4.06. The molecule has 3 aromatic rings. The molecule has 0 bridgehead atoms. The lowest BCUT2D eigenvalue weighted by Gasteiger charge is -2.48. The average Bonchev–Trinajstić information content (AvgIpc) is 3.70. The summed E-state index contributed by atoms with van der Waals surface area (Å²) in [4.78, 5) is 50.0. The summed E-state index contributed by atoms with van der Waals surface area (Å²) in [5, 5.41) is 16.0. The largest absolute Gasteiger partial charge is 0.361 e. The topological polar surface area (TPSA) is 118 Å². The van der Waals surface area contributed by atoms with Gasteiger partial charge in [-0.2, -0.15) is 0 Å². The Morgan fingerprint density at radius 3 is 2.80 bits per heavy atom. The van der Waals surface area contributed by atoms with Crippen molar-refractivity contribution in [2.24, 2.45) is 5.92 Å². The highest BCUT2D eigenvalue weighted by Gasteiger charge is 2.70. The second-order valence-electron chi connectivity index (χ2n) is 12.9. The number of carbonyl (C=O) groups is 3. The number of piperazine rings is 1. The van der Waals surface area contributed by atoms with Crippen LogP contribution in [0, 0.1) is 11.7 Å². The maximum absolute atomic E-state index is 14.2. The second kappa shape index (κ2) is 9.47. The van der Waals surface area contributed by atoms with Crippen LogP contribution in [0.5, 0.6) is 0 Å². The molecule has 0 radical (unpaired) electrons. The van der Waals surface area contributed by atoms with E-state index in [4.69, 9.17) is 4.74 Å². The van der Waals surface area contributed by atoms with Crippen molar-refractivity contribution < 1.29 is 28.6 Å². The number of nitrogens with zero attached hydrogens (tertiary/aromatic N) is 3. The number of likely N-dealkylation sites (N-methyl/N-ethyl adjacent to an activating group) is 1. The monoisotopic (exact) mass is 599 g/mol. The number of H-pyrrole nitrogens is 1. The molecule has 3 N–H and O–H groups in total. The van der Waals surface area contributed by atoms with Crippen LogP contribution in [0.3, 0.4) is 0 Å². The predicted octanol–water partition coefficient (Wildman–Crippen LogP) is 2.13. The molecule has 10 nitrogen and oxygen atoms in total. The van der Waals surface area contributed by atoms with Gasteiger partial charge in [0.2, 0.25) is 17.5 Å². The van der Waals surface area contributed by atoms with Gasteiger partial charge >= 0.3 is 0 Å². The maximum Gasteiger partial charge on any atom is 0.280 e. The molecule has 1 aromatic heterocycles. The van der Waals surface area contributed by atoms with Crippen LogP contribution in [0.15, 0.2) is 54.7 Å². The number of hydrogen-bond acceptors (Lipinski definition) is 6. The van der Waals surface area contributed by atoms with Crippen molar-refractivity contribution in [3.05, 3.63) is 77.2 Å². The number of fused-ring (bicyclic) bond motifs is 5. The van der Waals surface area contributed by atoms with Gasteiger partial charge in [-0.1, -0.05) is 30.3 Å². The first kappa shape index (κ1) is 27.5. The highest BCUT2D eigenvalue weighted by Crippen LogP contribution is 2.46. The third-order valence-electron chi connectivity index (χ3n) is 10.2. The van der Waals surface area contributed by atoms with E-state index >= 15 is 0 Å². The molecule has 4 aliphatic heterocycles. The SMILES string of the molecule is CN1CC(C(=O)NC2(C)OC3(O)C4CCCN4C(=O)C(Cc4ccc(F)cc4)N3C2=O)C=C2c3cccc4[nH]cc(c34)CC21. The highest BCUT2D eigenvalue weighted by molar-refractivity contribution is 6.00. The number of aromatic amines is 1. The molecule has 3 amide bonds. The molecule has 2 aromatic carbocycles. The van der Waals surface area contributed by atoms with Gasteiger partial charge in [0.1, 0.15) is 17.9 Å². The number of aromatic nitrogens is 1. The van der Waals surface area contributed by atoms with Gasteiger partial charge in [0.25, 0.3) is 11.8 Å². The van der Waals surface area contributed by atoms with Gasteiger partial charge < -0.3 is 20.3 Å². The molecule has 0 saturated carbocycles. The van der Waals surface area contributed by atoms with Gasteiger partial charge in [0.15, 0.2) is 0 Å². The molecule has 5 aliphatic rings. The minimum absolute atomic E-state index is 0.0668. The summed E-state index contributed by atoms with van der Waals surface area (Å²) in [5.41, 5.74) is 3.20. The Bertz CT molecular complexity index is 1750. The number of nitrogens with one attached hydrogen (secondary N) is 2. The van der Waals surface area contributed by atoms with Gasteiger partial charge in [-0.25, -0.2) is 4.39 Å². The van der Waals surface area contributed by atoms with Crippen LogP contribution in [0.4, 0.5) is 4.39 Å². The summed E-state index contributed by atoms with van der Waals surface area (Å²) >= 11 is 0. The summed E-state index contributed by atoms with van der Waals surface area (Å²) in [7, 11) is 2.00. The number of rotatable bonds is 4. The van der Waals surface area contributed by atoms with Crippen LogP contribution in [-0.2, 0) is 32.0 Å². The van der Waals surface area contributed by atoms with E-state index in [1.54, 1.807) is 17.0 Å². The van der Waals surface area contributed by atoms with Crippen molar-refractivity contribution in [3.8, 4) is 0 Å². The zero-order valence-electron chi connectivity index (χ0n) is 24.5. The van der Waals surface area contributed by atoms with Crippen molar-refractivity contribution in [1.29, 1.82) is 0 Å². The minimum Gasteiger partial charge on any atom is -0.361 e. The smallest absolute Gasteiger partial charge is 0.280 e. The third-order valence-corrected chi connectivity index (χ3v) is 10.2. The fourth-order valence-electron chi connectivity index (χ4n) is 8.13. The Balaban J connectivity index is 1.11. The number of benzene rings is 2. The average molecular weight is 600 g/mol.